The standard InChI is InChI=1S/C28H37N3O4S2/c1-17-6-8-19(9-7-17)25(32)31(20-10-12-21(13-11-20)37-27-30-29-18(2)35-27)23-16-22(14-15-28(3,4)5)36-24(23)26(33)34/h16-17,19-21H,6-13H2,1-5H3,(H,33,34)/t17-,19-,20-,21-. The van der Waals surface area contributed by atoms with Crippen molar-refractivity contribution in [3.63, 3.8) is 0 Å². The summed E-state index contributed by atoms with van der Waals surface area (Å²) < 4.78 is 5.55. The molecule has 4 rings (SSSR count). The van der Waals surface area contributed by atoms with Crippen LogP contribution in [0.1, 0.15) is 99.5 Å². The van der Waals surface area contributed by atoms with Gasteiger partial charge in [0.25, 0.3) is 5.22 Å². The molecule has 2 saturated carbocycles. The van der Waals surface area contributed by atoms with Crippen molar-refractivity contribution >= 4 is 40.7 Å². The Morgan fingerprint density at radius 1 is 1.11 bits per heavy atom. The molecule has 1 amide bonds. The lowest BCUT2D eigenvalue weighted by atomic mass is 9.81. The van der Waals surface area contributed by atoms with Gasteiger partial charge in [0.15, 0.2) is 0 Å². The maximum absolute atomic E-state index is 14.0. The topological polar surface area (TPSA) is 96.5 Å². The molecular weight excluding hydrogens is 506 g/mol. The summed E-state index contributed by atoms with van der Waals surface area (Å²) in [6.07, 6.45) is 7.19. The molecule has 0 saturated heterocycles. The zero-order valence-corrected chi connectivity index (χ0v) is 24.0. The highest BCUT2D eigenvalue weighted by atomic mass is 32.2. The molecule has 0 atom stereocenters. The van der Waals surface area contributed by atoms with Crippen LogP contribution in [0.5, 0.6) is 0 Å². The van der Waals surface area contributed by atoms with E-state index in [-0.39, 0.29) is 28.2 Å². The third-order valence-corrected chi connectivity index (χ3v) is 9.31. The number of anilines is 1. The van der Waals surface area contributed by atoms with Gasteiger partial charge in [0, 0.05) is 29.5 Å². The fourth-order valence-electron chi connectivity index (χ4n) is 5.11. The third kappa shape index (κ3) is 7.17. The van der Waals surface area contributed by atoms with Crippen LogP contribution >= 0.6 is 23.1 Å². The predicted octanol–water partition coefficient (Wildman–Crippen LogP) is 6.80. The van der Waals surface area contributed by atoms with E-state index in [1.54, 1.807) is 18.7 Å². The molecule has 2 heterocycles. The van der Waals surface area contributed by atoms with Crippen LogP contribution in [-0.2, 0) is 4.79 Å². The Hall–Kier alpha value is -2.31. The van der Waals surface area contributed by atoms with Gasteiger partial charge in [-0.2, -0.15) is 0 Å². The lowest BCUT2D eigenvalue weighted by molar-refractivity contribution is -0.124. The van der Waals surface area contributed by atoms with Gasteiger partial charge in [0.1, 0.15) is 4.88 Å². The second kappa shape index (κ2) is 11.6. The molecule has 0 spiro atoms. The molecule has 2 aromatic rings. The summed E-state index contributed by atoms with van der Waals surface area (Å²) in [4.78, 5) is 29.1. The number of thiophene rings is 1. The molecule has 7 nitrogen and oxygen atoms in total. The highest BCUT2D eigenvalue weighted by Crippen LogP contribution is 2.41. The van der Waals surface area contributed by atoms with Gasteiger partial charge >= 0.3 is 5.97 Å². The van der Waals surface area contributed by atoms with Gasteiger partial charge in [-0.15, -0.1) is 21.5 Å². The Morgan fingerprint density at radius 2 is 1.78 bits per heavy atom. The number of carbonyl (C=O) groups is 2. The van der Waals surface area contributed by atoms with E-state index in [4.69, 9.17) is 4.42 Å². The molecule has 0 unspecified atom stereocenters. The summed E-state index contributed by atoms with van der Waals surface area (Å²) in [7, 11) is 0. The van der Waals surface area contributed by atoms with E-state index in [1.165, 1.54) is 11.3 Å². The zero-order chi connectivity index (χ0) is 26.7. The molecule has 0 aliphatic heterocycles. The van der Waals surface area contributed by atoms with Crippen molar-refractivity contribution in [1.82, 2.24) is 10.2 Å². The number of hydrogen-bond acceptors (Lipinski definition) is 7. The first-order chi connectivity index (χ1) is 17.5. The number of aromatic carboxylic acids is 1. The molecule has 2 aliphatic rings. The molecule has 37 heavy (non-hydrogen) atoms. The number of carboxylic acid groups (broad SMARTS) is 1. The largest absolute Gasteiger partial charge is 0.477 e. The lowest BCUT2D eigenvalue weighted by Gasteiger charge is -2.39. The highest BCUT2D eigenvalue weighted by Gasteiger charge is 2.37. The summed E-state index contributed by atoms with van der Waals surface area (Å²) >= 11 is 2.77. The summed E-state index contributed by atoms with van der Waals surface area (Å²) in [5, 5.41) is 19.0. The smallest absolute Gasteiger partial charge is 0.348 e. The Labute approximate surface area is 227 Å². The molecule has 2 fully saturated rings. The second-order valence-corrected chi connectivity index (χ2v) is 13.7. The van der Waals surface area contributed by atoms with Crippen LogP contribution in [-0.4, -0.2) is 38.5 Å². The van der Waals surface area contributed by atoms with Crippen LogP contribution in [0.4, 0.5) is 5.69 Å². The van der Waals surface area contributed by atoms with E-state index in [0.717, 1.165) is 51.4 Å². The minimum atomic E-state index is -1.00. The summed E-state index contributed by atoms with van der Waals surface area (Å²) in [6, 6.07) is 1.79. The van der Waals surface area contributed by atoms with Gasteiger partial charge in [-0.25, -0.2) is 4.79 Å². The first-order valence-electron chi connectivity index (χ1n) is 13.2. The first kappa shape index (κ1) is 27.7. The number of aryl methyl sites for hydroxylation is 1. The van der Waals surface area contributed by atoms with E-state index in [1.807, 2.05) is 31.7 Å². The summed E-state index contributed by atoms with van der Waals surface area (Å²) in [5.41, 5.74) is 0.317. The van der Waals surface area contributed by atoms with E-state index in [0.29, 0.717) is 32.8 Å². The fourth-order valence-corrected chi connectivity index (χ4v) is 7.00. The average Bonchev–Trinajstić information content (AvgIpc) is 3.45. The maximum atomic E-state index is 14.0. The Balaban J connectivity index is 1.61. The van der Waals surface area contributed by atoms with Crippen LogP contribution in [0.3, 0.4) is 0 Å². The normalized spacial score (nSPS) is 24.2. The monoisotopic (exact) mass is 543 g/mol. The van der Waals surface area contributed by atoms with Gasteiger partial charge in [-0.3, -0.25) is 4.79 Å². The summed E-state index contributed by atoms with van der Waals surface area (Å²) in [5.74, 6) is 6.56. The van der Waals surface area contributed by atoms with E-state index < -0.39 is 5.97 Å². The minimum absolute atomic E-state index is 0.0377. The first-order valence-corrected chi connectivity index (χ1v) is 14.9. The van der Waals surface area contributed by atoms with Gasteiger partial charge in [0.2, 0.25) is 11.8 Å². The highest BCUT2D eigenvalue weighted by molar-refractivity contribution is 7.99. The number of hydrogen-bond donors (Lipinski definition) is 1. The van der Waals surface area contributed by atoms with Crippen LogP contribution in [0.2, 0.25) is 0 Å². The number of thioether (sulfide) groups is 1. The molecule has 9 heteroatoms. The van der Waals surface area contributed by atoms with Crippen molar-refractivity contribution in [1.29, 1.82) is 0 Å². The minimum Gasteiger partial charge on any atom is -0.477 e. The van der Waals surface area contributed by atoms with Gasteiger partial charge in [-0.1, -0.05) is 30.5 Å². The van der Waals surface area contributed by atoms with Gasteiger partial charge in [-0.05, 0) is 84.1 Å². The number of nitrogens with zero attached hydrogens (tertiary/aromatic N) is 3. The van der Waals surface area contributed by atoms with Crippen molar-refractivity contribution in [3.8, 4) is 11.8 Å². The molecule has 0 aromatic carbocycles. The van der Waals surface area contributed by atoms with E-state index >= 15 is 0 Å². The molecular formula is C28H37N3O4S2. The fraction of sp³-hybridized carbons (Fsp3) is 0.643. The third-order valence-electron chi connectivity index (χ3n) is 7.11. The number of carboxylic acids is 1. The maximum Gasteiger partial charge on any atom is 0.348 e. The average molecular weight is 544 g/mol. The number of carbonyl (C=O) groups excluding carboxylic acids is 1. The molecule has 2 aromatic heterocycles. The predicted molar refractivity (Wildman–Crippen MR) is 147 cm³/mol. The van der Waals surface area contributed by atoms with Gasteiger partial charge < -0.3 is 14.4 Å². The van der Waals surface area contributed by atoms with Crippen molar-refractivity contribution < 1.29 is 19.1 Å². The van der Waals surface area contributed by atoms with Crippen molar-refractivity contribution in [2.24, 2.45) is 17.3 Å². The van der Waals surface area contributed by atoms with Crippen LogP contribution in [0.25, 0.3) is 0 Å². The Bertz CT molecular complexity index is 1170. The van der Waals surface area contributed by atoms with Gasteiger partial charge in [0.05, 0.1) is 10.6 Å². The Kier molecular flexibility index (Phi) is 8.70. The summed E-state index contributed by atoms with van der Waals surface area (Å²) in [6.45, 7) is 10.1. The number of aromatic nitrogens is 2. The second-order valence-electron chi connectivity index (χ2n) is 11.4. The molecule has 0 bridgehead atoms. The van der Waals surface area contributed by atoms with Crippen LogP contribution in [0.15, 0.2) is 15.7 Å². The van der Waals surface area contributed by atoms with Crippen molar-refractivity contribution in [2.75, 3.05) is 4.90 Å². The molecule has 0 radical (unpaired) electrons. The van der Waals surface area contributed by atoms with Crippen molar-refractivity contribution in [2.45, 2.75) is 102 Å². The van der Waals surface area contributed by atoms with E-state index in [9.17, 15) is 14.7 Å². The van der Waals surface area contributed by atoms with E-state index in [2.05, 4.69) is 29.0 Å². The number of rotatable bonds is 6. The zero-order valence-electron chi connectivity index (χ0n) is 22.4. The molecule has 200 valence electrons. The Morgan fingerprint density at radius 3 is 2.35 bits per heavy atom. The molecule has 2 aliphatic carbocycles. The number of amides is 1. The molecule has 1 N–H and O–H groups in total. The SMILES string of the molecule is Cc1nnc(S[C@H]2CC[C@H](N(c3cc(C#CC(C)(C)C)sc3C(=O)O)C(=O)[C@H]3CC[C@H](C)CC3)CC2)o1. The van der Waals surface area contributed by atoms with Crippen LogP contribution < -0.4 is 4.90 Å². The lowest BCUT2D eigenvalue weighted by Crippen LogP contribution is -2.46. The van der Waals surface area contributed by atoms with Crippen LogP contribution in [0, 0.1) is 36.0 Å². The van der Waals surface area contributed by atoms with Crippen molar-refractivity contribution in [3.05, 3.63) is 21.7 Å². The quantitative estimate of drug-likeness (QED) is 0.400.